The van der Waals surface area contributed by atoms with Gasteiger partial charge in [-0.1, -0.05) is 38.1 Å². The topological polar surface area (TPSA) is 45.0 Å². The second-order valence-corrected chi connectivity index (χ2v) is 4.82. The maximum absolute atomic E-state index is 9.81. The van der Waals surface area contributed by atoms with E-state index in [1.807, 2.05) is 19.1 Å². The molecule has 2 rings (SSSR count). The maximum Gasteiger partial charge on any atom is 0.143 e. The third kappa shape index (κ3) is 3.05. The summed E-state index contributed by atoms with van der Waals surface area (Å²) < 4.78 is 0. The smallest absolute Gasteiger partial charge is 0.143 e. The minimum atomic E-state index is 0.159. The summed E-state index contributed by atoms with van der Waals surface area (Å²) in [4.78, 5) is 0. The second-order valence-electron chi connectivity index (χ2n) is 4.82. The predicted octanol–water partition coefficient (Wildman–Crippen LogP) is 5.24. The summed E-state index contributed by atoms with van der Waals surface area (Å²) in [6.07, 6.45) is 1.84. The van der Waals surface area contributed by atoms with Crippen molar-refractivity contribution < 1.29 is 5.11 Å². The number of azo groups is 1. The highest BCUT2D eigenvalue weighted by molar-refractivity contribution is 5.55. The molecule has 0 heterocycles. The molecule has 0 aliphatic carbocycles. The van der Waals surface area contributed by atoms with Crippen molar-refractivity contribution in [3.05, 3.63) is 53.1 Å². The van der Waals surface area contributed by atoms with E-state index in [9.17, 15) is 5.11 Å². The van der Waals surface area contributed by atoms with Gasteiger partial charge in [0.15, 0.2) is 0 Å². The lowest BCUT2D eigenvalue weighted by Crippen LogP contribution is -1.87. The zero-order valence-electron chi connectivity index (χ0n) is 12.2. The quantitative estimate of drug-likeness (QED) is 0.757. The van der Waals surface area contributed by atoms with E-state index in [1.165, 1.54) is 11.1 Å². The van der Waals surface area contributed by atoms with E-state index in [-0.39, 0.29) is 5.75 Å². The van der Waals surface area contributed by atoms with Crippen molar-refractivity contribution in [2.75, 3.05) is 0 Å². The van der Waals surface area contributed by atoms with E-state index in [0.717, 1.165) is 24.1 Å². The van der Waals surface area contributed by atoms with Crippen molar-refractivity contribution in [3.63, 3.8) is 0 Å². The molecule has 0 fully saturated rings. The fraction of sp³-hybridized carbons (Fsp3) is 0.294. The fourth-order valence-corrected chi connectivity index (χ4v) is 2.16. The lowest BCUT2D eigenvalue weighted by atomic mass is 10.0. The van der Waals surface area contributed by atoms with Crippen LogP contribution in [0.2, 0.25) is 0 Å². The summed E-state index contributed by atoms with van der Waals surface area (Å²) in [6.45, 7) is 6.19. The molecule has 2 aromatic rings. The number of rotatable bonds is 4. The average molecular weight is 268 g/mol. The Kier molecular flexibility index (Phi) is 4.51. The number of aryl methyl sites for hydroxylation is 3. The van der Waals surface area contributed by atoms with E-state index in [2.05, 4.69) is 42.3 Å². The number of hydrogen-bond acceptors (Lipinski definition) is 3. The summed E-state index contributed by atoms with van der Waals surface area (Å²) in [7, 11) is 0. The molecule has 0 aromatic heterocycles. The average Bonchev–Trinajstić information content (AvgIpc) is 2.47. The van der Waals surface area contributed by atoms with Gasteiger partial charge in [0.05, 0.1) is 5.69 Å². The van der Waals surface area contributed by atoms with Gasteiger partial charge >= 0.3 is 0 Å². The predicted molar refractivity (Wildman–Crippen MR) is 82.2 cm³/mol. The Balaban J connectivity index is 2.43. The van der Waals surface area contributed by atoms with E-state index >= 15 is 0 Å². The number of hydrogen-bond donors (Lipinski definition) is 1. The Morgan fingerprint density at radius 3 is 2.20 bits per heavy atom. The van der Waals surface area contributed by atoms with E-state index in [4.69, 9.17) is 0 Å². The Bertz CT molecular complexity index is 611. The van der Waals surface area contributed by atoms with E-state index < -0.39 is 0 Å². The first kappa shape index (κ1) is 14.3. The van der Waals surface area contributed by atoms with Crippen molar-refractivity contribution >= 4 is 11.4 Å². The Labute approximate surface area is 120 Å². The van der Waals surface area contributed by atoms with Crippen LogP contribution in [0.4, 0.5) is 11.4 Å². The molecule has 3 nitrogen and oxygen atoms in total. The van der Waals surface area contributed by atoms with E-state index in [0.29, 0.717) is 5.69 Å². The van der Waals surface area contributed by atoms with Crippen LogP contribution >= 0.6 is 0 Å². The van der Waals surface area contributed by atoms with Crippen molar-refractivity contribution in [1.29, 1.82) is 0 Å². The van der Waals surface area contributed by atoms with Crippen molar-refractivity contribution in [3.8, 4) is 5.75 Å². The number of phenols is 1. The molecule has 0 unspecified atom stereocenters. The molecule has 20 heavy (non-hydrogen) atoms. The van der Waals surface area contributed by atoms with Gasteiger partial charge < -0.3 is 5.11 Å². The lowest BCUT2D eigenvalue weighted by molar-refractivity contribution is 0.476. The molecule has 0 saturated carbocycles. The molecule has 0 amide bonds. The molecule has 0 atom stereocenters. The molecule has 2 aromatic carbocycles. The minimum absolute atomic E-state index is 0.159. The summed E-state index contributed by atoms with van der Waals surface area (Å²) in [6, 6.07) is 11.5. The van der Waals surface area contributed by atoms with Gasteiger partial charge in [-0.05, 0) is 48.6 Å². The summed E-state index contributed by atoms with van der Waals surface area (Å²) in [5, 5.41) is 18.4. The first-order valence-electron chi connectivity index (χ1n) is 6.97. The highest BCUT2D eigenvalue weighted by Crippen LogP contribution is 2.31. The molecule has 3 heteroatoms. The van der Waals surface area contributed by atoms with Gasteiger partial charge in [-0.2, -0.15) is 0 Å². The van der Waals surface area contributed by atoms with Crippen LogP contribution in [-0.2, 0) is 12.8 Å². The third-order valence-corrected chi connectivity index (χ3v) is 3.35. The van der Waals surface area contributed by atoms with Crippen molar-refractivity contribution in [1.82, 2.24) is 0 Å². The number of aromatic hydroxyl groups is 1. The van der Waals surface area contributed by atoms with Crippen LogP contribution in [0.25, 0.3) is 0 Å². The monoisotopic (exact) mass is 268 g/mol. The fourth-order valence-electron chi connectivity index (χ4n) is 2.16. The molecule has 0 aliphatic heterocycles. The van der Waals surface area contributed by atoms with Crippen molar-refractivity contribution in [2.45, 2.75) is 33.6 Å². The molecule has 0 spiro atoms. The van der Waals surface area contributed by atoms with Gasteiger partial charge in [0.1, 0.15) is 11.4 Å². The Hall–Kier alpha value is -2.16. The van der Waals surface area contributed by atoms with Crippen LogP contribution in [0.1, 0.15) is 30.5 Å². The van der Waals surface area contributed by atoms with Gasteiger partial charge in [-0.25, -0.2) is 0 Å². The molecule has 0 aliphatic rings. The zero-order chi connectivity index (χ0) is 14.5. The highest BCUT2D eigenvalue weighted by atomic mass is 16.3. The van der Waals surface area contributed by atoms with Crippen molar-refractivity contribution in [2.24, 2.45) is 10.2 Å². The minimum Gasteiger partial charge on any atom is -0.506 e. The first-order chi connectivity index (χ1) is 9.65. The van der Waals surface area contributed by atoms with Crippen LogP contribution in [0.3, 0.4) is 0 Å². The van der Waals surface area contributed by atoms with Crippen LogP contribution in [0.5, 0.6) is 5.75 Å². The summed E-state index contributed by atoms with van der Waals surface area (Å²) in [5.74, 6) is 0.159. The van der Waals surface area contributed by atoms with Gasteiger partial charge in [-0.15, -0.1) is 10.2 Å². The molecule has 104 valence electrons. The molecule has 1 N–H and O–H groups in total. The van der Waals surface area contributed by atoms with E-state index in [1.54, 1.807) is 6.07 Å². The molecular formula is C17H20N2O. The van der Waals surface area contributed by atoms with Crippen LogP contribution in [0, 0.1) is 6.92 Å². The van der Waals surface area contributed by atoms with Gasteiger partial charge in [0.25, 0.3) is 0 Å². The Morgan fingerprint density at radius 2 is 1.60 bits per heavy atom. The van der Waals surface area contributed by atoms with Gasteiger partial charge in [-0.3, -0.25) is 0 Å². The number of phenolic OH excluding ortho intramolecular Hbond substituents is 1. The Morgan fingerprint density at radius 1 is 0.950 bits per heavy atom. The lowest BCUT2D eigenvalue weighted by Gasteiger charge is -2.07. The molecule has 0 saturated heterocycles. The van der Waals surface area contributed by atoms with Gasteiger partial charge in [0, 0.05) is 0 Å². The summed E-state index contributed by atoms with van der Waals surface area (Å²) in [5.41, 5.74) is 4.85. The van der Waals surface area contributed by atoms with Gasteiger partial charge in [0.2, 0.25) is 0 Å². The first-order valence-corrected chi connectivity index (χ1v) is 6.97. The SMILES string of the molecule is CCc1cccc(CC)c1N=Nc1cc(C)ccc1O. The molecule has 0 radical (unpaired) electrons. The largest absolute Gasteiger partial charge is 0.506 e. The number of nitrogens with zero attached hydrogens (tertiary/aromatic N) is 2. The molecular weight excluding hydrogens is 248 g/mol. The van der Waals surface area contributed by atoms with Crippen LogP contribution in [-0.4, -0.2) is 5.11 Å². The maximum atomic E-state index is 9.81. The van der Waals surface area contributed by atoms with Crippen LogP contribution in [0.15, 0.2) is 46.6 Å². The number of benzene rings is 2. The molecule has 0 bridgehead atoms. The zero-order valence-corrected chi connectivity index (χ0v) is 12.2. The highest BCUT2D eigenvalue weighted by Gasteiger charge is 2.06. The standard InChI is InChI=1S/C17H20N2O/c1-4-13-7-6-8-14(5-2)17(13)19-18-15-11-12(3)9-10-16(15)20/h6-11,20H,4-5H2,1-3H3. The third-order valence-electron chi connectivity index (χ3n) is 3.35. The summed E-state index contributed by atoms with van der Waals surface area (Å²) >= 11 is 0. The van der Waals surface area contributed by atoms with Crippen LogP contribution < -0.4 is 0 Å². The normalized spacial score (nSPS) is 11.2. The second kappa shape index (κ2) is 6.33.